The molecular weight excluding hydrogens is 766 g/mol. The van der Waals surface area contributed by atoms with E-state index < -0.39 is 12.1 Å². The summed E-state index contributed by atoms with van der Waals surface area (Å²) >= 11 is 6.81. The molecule has 2 heterocycles. The summed E-state index contributed by atoms with van der Waals surface area (Å²) in [5.41, 5.74) is 11.9. The third-order valence-electron chi connectivity index (χ3n) is 11.0. The average Bonchev–Trinajstić information content (AvgIpc) is 4.04. The maximum atomic E-state index is 12.5. The molecule has 0 saturated heterocycles. The number of nitrogens with zero attached hydrogens (tertiary/aromatic N) is 2. The Morgan fingerprint density at radius 1 is 0.932 bits per heavy atom. The van der Waals surface area contributed by atoms with Crippen LogP contribution >= 0.6 is 11.6 Å². The number of fused-ring (bicyclic) bond motifs is 1. The van der Waals surface area contributed by atoms with Crippen LogP contribution in [0.2, 0.25) is 5.02 Å². The number of urea groups is 1. The zero-order chi connectivity index (χ0) is 41.5. The fourth-order valence-electron chi connectivity index (χ4n) is 7.63. The number of aliphatic hydroxyl groups excluding tert-OH is 1. The van der Waals surface area contributed by atoms with Gasteiger partial charge in [0.15, 0.2) is 0 Å². The van der Waals surface area contributed by atoms with Crippen LogP contribution in [0.3, 0.4) is 0 Å². The van der Waals surface area contributed by atoms with Crippen LogP contribution in [0.5, 0.6) is 11.5 Å². The zero-order valence-electron chi connectivity index (χ0n) is 33.2. The van der Waals surface area contributed by atoms with Crippen molar-refractivity contribution in [2.75, 3.05) is 6.54 Å². The number of carboxylic acid groups (broad SMARTS) is 1. The molecule has 1 unspecified atom stereocenters. The molecule has 2 aliphatic rings. The quantitative estimate of drug-likeness (QED) is 0.0657. The Bertz CT molecular complexity index is 2390. The highest BCUT2D eigenvalue weighted by Gasteiger charge is 2.27. The highest BCUT2D eigenvalue weighted by Crippen LogP contribution is 2.38. The third-order valence-corrected chi connectivity index (χ3v) is 11.3. The molecule has 1 fully saturated rings. The van der Waals surface area contributed by atoms with Crippen molar-refractivity contribution in [3.05, 3.63) is 135 Å². The Balaban J connectivity index is 1.09. The number of aliphatic carboxylic acids is 1. The van der Waals surface area contributed by atoms with Gasteiger partial charge in [-0.2, -0.15) is 5.26 Å². The van der Waals surface area contributed by atoms with Gasteiger partial charge in [0.05, 0.1) is 29.2 Å². The topological polar surface area (TPSA) is 166 Å². The number of benzene rings is 4. The second-order valence-corrected chi connectivity index (χ2v) is 15.8. The summed E-state index contributed by atoms with van der Waals surface area (Å²) < 4.78 is 12.6. The fraction of sp³-hybridized carbons (Fsp3) is 0.319. The highest BCUT2D eigenvalue weighted by molar-refractivity contribution is 6.32. The van der Waals surface area contributed by atoms with Gasteiger partial charge >= 0.3 is 12.0 Å². The lowest BCUT2D eigenvalue weighted by atomic mass is 9.87. The van der Waals surface area contributed by atoms with E-state index in [2.05, 4.69) is 83.3 Å². The Labute approximate surface area is 349 Å². The van der Waals surface area contributed by atoms with Crippen molar-refractivity contribution >= 4 is 23.6 Å². The molecule has 2 atom stereocenters. The Hall–Kier alpha value is -5.93. The number of halogens is 1. The molecule has 1 aliphatic carbocycles. The predicted octanol–water partition coefficient (Wildman–Crippen LogP) is 8.48. The lowest BCUT2D eigenvalue weighted by Crippen LogP contribution is -2.44. The van der Waals surface area contributed by atoms with Crippen LogP contribution in [0.4, 0.5) is 4.79 Å². The van der Waals surface area contributed by atoms with Crippen LogP contribution in [-0.4, -0.2) is 45.9 Å². The van der Waals surface area contributed by atoms with Crippen molar-refractivity contribution in [2.45, 2.75) is 90.3 Å². The SMILES string of the molecule is Cc1c(COc2cc(OCc3cncc(C#N)c3)c(CCC[C@@H](O)CC(=O)O)cc2Cl)cccc1-c1cccc(-c2ccc3c(c2)CNCC3NC(=O)NC2CC2)c1C. The van der Waals surface area contributed by atoms with Gasteiger partial charge in [-0.05, 0) is 120 Å². The minimum Gasteiger partial charge on any atom is -0.488 e. The highest BCUT2D eigenvalue weighted by atomic mass is 35.5. The standard InChI is InChI=1S/C47H48ClN5O6/c1-28-34(27-59-45-20-44(58-26-31-16-30(21-49)22-50-23-31)33(18-42(45)48)6-3-8-37(54)19-46(55)56)7-4-10-39(28)40-11-5-9-38(29(40)2)32-12-15-41-35(17-32)24-51-25-43(41)53-47(57)52-36-13-14-36/h4-5,7,9-12,15-18,20,22-23,36-37,43,51,54H,3,6,8,13-14,19,24-27H2,1-2H3,(H,55,56)(H2,52,53,57)/t37-,43?/m1/s1. The molecule has 1 saturated carbocycles. The van der Waals surface area contributed by atoms with Gasteiger partial charge in [0.2, 0.25) is 0 Å². The second-order valence-electron chi connectivity index (χ2n) is 15.4. The summed E-state index contributed by atoms with van der Waals surface area (Å²) in [5.74, 6) is -0.0843. The molecule has 1 aliphatic heterocycles. The molecule has 5 aromatic rings. The number of carbonyl (C=O) groups excluding carboxylic acids is 1. The van der Waals surface area contributed by atoms with Crippen molar-refractivity contribution < 1.29 is 29.3 Å². The van der Waals surface area contributed by atoms with Gasteiger partial charge in [-0.15, -0.1) is 0 Å². The molecule has 4 aromatic carbocycles. The Kier molecular flexibility index (Phi) is 13.1. The van der Waals surface area contributed by atoms with Gasteiger partial charge in [-0.1, -0.05) is 60.1 Å². The van der Waals surface area contributed by atoms with Crippen molar-refractivity contribution in [3.8, 4) is 39.8 Å². The number of pyridine rings is 1. The maximum Gasteiger partial charge on any atom is 0.315 e. The van der Waals surface area contributed by atoms with E-state index in [0.717, 1.165) is 75.0 Å². The van der Waals surface area contributed by atoms with Gasteiger partial charge in [0, 0.05) is 43.2 Å². The molecule has 304 valence electrons. The molecule has 11 nitrogen and oxygen atoms in total. The lowest BCUT2D eigenvalue weighted by molar-refractivity contribution is -0.139. The molecule has 59 heavy (non-hydrogen) atoms. The molecule has 2 amide bonds. The minimum absolute atomic E-state index is 0.0964. The van der Waals surface area contributed by atoms with Crippen molar-refractivity contribution in [3.63, 3.8) is 0 Å². The number of nitrogens with one attached hydrogen (secondary N) is 3. The van der Waals surface area contributed by atoms with E-state index in [0.29, 0.717) is 53.9 Å². The van der Waals surface area contributed by atoms with E-state index in [4.69, 9.17) is 26.2 Å². The van der Waals surface area contributed by atoms with E-state index >= 15 is 0 Å². The number of nitriles is 1. The first-order valence-electron chi connectivity index (χ1n) is 20.0. The van der Waals surface area contributed by atoms with Crippen molar-refractivity contribution in [1.29, 1.82) is 5.26 Å². The maximum absolute atomic E-state index is 12.5. The molecule has 0 spiro atoms. The van der Waals surface area contributed by atoms with E-state index in [1.807, 2.05) is 12.1 Å². The lowest BCUT2D eigenvalue weighted by Gasteiger charge is -2.28. The first-order chi connectivity index (χ1) is 28.6. The number of aliphatic hydroxyl groups is 1. The molecular formula is C47H48ClN5O6. The van der Waals surface area contributed by atoms with E-state index in [1.165, 1.54) is 11.8 Å². The fourth-order valence-corrected chi connectivity index (χ4v) is 7.87. The van der Waals surface area contributed by atoms with Crippen LogP contribution in [0, 0.1) is 25.2 Å². The number of hydrogen-bond acceptors (Lipinski definition) is 8. The molecule has 0 radical (unpaired) electrons. The smallest absolute Gasteiger partial charge is 0.315 e. The first-order valence-corrected chi connectivity index (χ1v) is 20.4. The Morgan fingerprint density at radius 2 is 1.69 bits per heavy atom. The summed E-state index contributed by atoms with van der Waals surface area (Å²) in [6, 6.07) is 26.6. The number of carbonyl (C=O) groups is 2. The summed E-state index contributed by atoms with van der Waals surface area (Å²) in [7, 11) is 0. The van der Waals surface area contributed by atoms with Crippen LogP contribution in [0.15, 0.2) is 85.2 Å². The summed E-state index contributed by atoms with van der Waals surface area (Å²) in [6.45, 7) is 6.07. The van der Waals surface area contributed by atoms with Gasteiger partial charge in [-0.25, -0.2) is 4.79 Å². The molecule has 5 N–H and O–H groups in total. The molecule has 0 bridgehead atoms. The zero-order valence-corrected chi connectivity index (χ0v) is 33.9. The monoisotopic (exact) mass is 813 g/mol. The van der Waals surface area contributed by atoms with Crippen molar-refractivity contribution in [1.82, 2.24) is 20.9 Å². The first kappa shape index (κ1) is 41.2. The van der Waals surface area contributed by atoms with Crippen LogP contribution in [-0.2, 0) is 31.0 Å². The normalized spacial score (nSPS) is 15.1. The van der Waals surface area contributed by atoms with Crippen LogP contribution in [0.25, 0.3) is 22.3 Å². The number of rotatable bonds is 16. The second kappa shape index (κ2) is 18.8. The number of ether oxygens (including phenoxy) is 2. The number of aryl methyl sites for hydroxylation is 1. The van der Waals surface area contributed by atoms with Gasteiger partial charge in [-0.3, -0.25) is 9.78 Å². The van der Waals surface area contributed by atoms with Crippen LogP contribution < -0.4 is 25.4 Å². The van der Waals surface area contributed by atoms with Crippen molar-refractivity contribution in [2.24, 2.45) is 0 Å². The molecule has 1 aromatic heterocycles. The molecule has 7 rings (SSSR count). The van der Waals surface area contributed by atoms with E-state index in [-0.39, 0.29) is 31.7 Å². The number of carboxylic acids is 1. The summed E-state index contributed by atoms with van der Waals surface area (Å²) in [5, 5.41) is 38.5. The van der Waals surface area contributed by atoms with Crippen LogP contribution in [0.1, 0.15) is 82.7 Å². The summed E-state index contributed by atoms with van der Waals surface area (Å²) in [6.07, 6.45) is 5.25. The minimum atomic E-state index is -1.05. The van der Waals surface area contributed by atoms with E-state index in [1.54, 1.807) is 24.4 Å². The van der Waals surface area contributed by atoms with Gasteiger partial charge in [0.1, 0.15) is 30.8 Å². The average molecular weight is 814 g/mol. The largest absolute Gasteiger partial charge is 0.488 e. The summed E-state index contributed by atoms with van der Waals surface area (Å²) in [4.78, 5) is 27.7. The Morgan fingerprint density at radius 3 is 2.47 bits per heavy atom. The third kappa shape index (κ3) is 10.4. The number of amides is 2. The molecule has 12 heteroatoms. The predicted molar refractivity (Wildman–Crippen MR) is 226 cm³/mol. The van der Waals surface area contributed by atoms with Gasteiger partial charge < -0.3 is 35.6 Å². The number of hydrogen-bond donors (Lipinski definition) is 5. The number of aromatic nitrogens is 1. The van der Waals surface area contributed by atoms with E-state index in [9.17, 15) is 20.0 Å². The van der Waals surface area contributed by atoms with Gasteiger partial charge in [0.25, 0.3) is 0 Å².